The zero-order valence-corrected chi connectivity index (χ0v) is 16.5. The summed E-state index contributed by atoms with van der Waals surface area (Å²) in [5.74, 6) is 0.299. The Labute approximate surface area is 172 Å². The minimum absolute atomic E-state index is 0.169. The van der Waals surface area contributed by atoms with E-state index >= 15 is 0 Å². The maximum Gasteiger partial charge on any atom is 0.417 e. The van der Waals surface area contributed by atoms with Crippen LogP contribution in [0.2, 0.25) is 0 Å². The van der Waals surface area contributed by atoms with Crippen molar-refractivity contribution in [3.05, 3.63) is 70.9 Å². The Morgan fingerprint density at radius 2 is 1.83 bits per heavy atom. The molecule has 3 aromatic rings. The van der Waals surface area contributed by atoms with Crippen molar-refractivity contribution in [3.8, 4) is 11.4 Å². The van der Waals surface area contributed by atoms with Crippen LogP contribution >= 0.6 is 0 Å². The monoisotopic (exact) mass is 435 g/mol. The van der Waals surface area contributed by atoms with E-state index in [-0.39, 0.29) is 17.3 Å². The highest BCUT2D eigenvalue weighted by Gasteiger charge is 2.36. The van der Waals surface area contributed by atoms with Gasteiger partial charge in [-0.05, 0) is 36.4 Å². The molecule has 1 atom stereocenters. The average Bonchev–Trinajstić information content (AvgIpc) is 3.24. The van der Waals surface area contributed by atoms with Crippen molar-refractivity contribution in [2.75, 3.05) is 12.4 Å². The summed E-state index contributed by atoms with van der Waals surface area (Å²) in [6.07, 6.45) is -4.67. The van der Waals surface area contributed by atoms with Gasteiger partial charge in [0, 0.05) is 16.4 Å². The van der Waals surface area contributed by atoms with Gasteiger partial charge in [-0.25, -0.2) is 4.68 Å². The number of rotatable bonds is 4. The summed E-state index contributed by atoms with van der Waals surface area (Å²) in [6.45, 7) is 0. The van der Waals surface area contributed by atoms with E-state index in [1.165, 1.54) is 23.9 Å². The summed E-state index contributed by atoms with van der Waals surface area (Å²) in [5, 5.41) is 6.99. The largest absolute Gasteiger partial charge is 0.497 e. The van der Waals surface area contributed by atoms with E-state index in [1.807, 2.05) is 0 Å². The van der Waals surface area contributed by atoms with Crippen molar-refractivity contribution < 1.29 is 26.9 Å². The first-order valence-corrected chi connectivity index (χ1v) is 10.3. The molecule has 1 N–H and O–H groups in total. The van der Waals surface area contributed by atoms with Crippen LogP contribution in [0.15, 0.2) is 48.5 Å². The van der Waals surface area contributed by atoms with Crippen molar-refractivity contribution in [2.45, 2.75) is 17.7 Å². The van der Waals surface area contributed by atoms with Crippen LogP contribution in [-0.4, -0.2) is 27.0 Å². The SMILES string of the molecule is COc1ccc(-n2nc3c(c2NC(=O)c2ccccc2C(F)(F)F)C[S@](=O)C3)cc1. The van der Waals surface area contributed by atoms with Gasteiger partial charge in [0.1, 0.15) is 11.6 Å². The smallest absolute Gasteiger partial charge is 0.417 e. The first-order chi connectivity index (χ1) is 14.3. The van der Waals surface area contributed by atoms with Crippen LogP contribution < -0.4 is 10.1 Å². The van der Waals surface area contributed by atoms with Gasteiger partial charge in [0.05, 0.1) is 41.1 Å². The van der Waals surface area contributed by atoms with E-state index < -0.39 is 34.0 Å². The molecule has 0 bridgehead atoms. The lowest BCUT2D eigenvalue weighted by atomic mass is 10.1. The standard InChI is InChI=1S/C20H16F3N3O3S/c1-29-13-8-6-12(7-9-13)26-18(15-10-30(28)11-17(15)25-26)24-19(27)14-4-2-3-5-16(14)20(21,22)23/h2-9H,10-11H2,1H3,(H,24,27)/t30-/m0/s1. The highest BCUT2D eigenvalue weighted by molar-refractivity contribution is 7.83. The molecule has 1 aromatic heterocycles. The predicted octanol–water partition coefficient (Wildman–Crippen LogP) is 3.91. The minimum Gasteiger partial charge on any atom is -0.497 e. The number of halogens is 3. The summed E-state index contributed by atoms with van der Waals surface area (Å²) in [6, 6.07) is 11.4. The lowest BCUT2D eigenvalue weighted by Gasteiger charge is -2.14. The van der Waals surface area contributed by atoms with Crippen LogP contribution in [0.5, 0.6) is 5.75 Å². The number of benzene rings is 2. The third-order valence-electron chi connectivity index (χ3n) is 4.70. The van der Waals surface area contributed by atoms with Crippen LogP contribution in [0.3, 0.4) is 0 Å². The second kappa shape index (κ2) is 7.60. The number of hydrogen-bond acceptors (Lipinski definition) is 4. The molecule has 1 amide bonds. The topological polar surface area (TPSA) is 73.2 Å². The fourth-order valence-corrected chi connectivity index (χ4v) is 4.53. The zero-order valence-electron chi connectivity index (χ0n) is 15.7. The summed E-state index contributed by atoms with van der Waals surface area (Å²) in [7, 11) is 0.351. The van der Waals surface area contributed by atoms with Gasteiger partial charge in [-0.15, -0.1) is 0 Å². The van der Waals surface area contributed by atoms with E-state index in [0.717, 1.165) is 12.1 Å². The maximum absolute atomic E-state index is 13.3. The fourth-order valence-electron chi connectivity index (χ4n) is 3.27. The van der Waals surface area contributed by atoms with Gasteiger partial charge in [-0.2, -0.15) is 18.3 Å². The minimum atomic E-state index is -4.67. The van der Waals surface area contributed by atoms with Crippen LogP contribution in [0.4, 0.5) is 19.0 Å². The Kier molecular flexibility index (Phi) is 5.10. The molecule has 2 aromatic carbocycles. The van der Waals surface area contributed by atoms with Crippen LogP contribution in [0.25, 0.3) is 5.69 Å². The molecular formula is C20H16F3N3O3S. The highest BCUT2D eigenvalue weighted by atomic mass is 32.2. The van der Waals surface area contributed by atoms with Crippen molar-refractivity contribution >= 4 is 22.5 Å². The number of amides is 1. The molecule has 10 heteroatoms. The Hall–Kier alpha value is -3.14. The highest BCUT2D eigenvalue weighted by Crippen LogP contribution is 2.34. The predicted molar refractivity (Wildman–Crippen MR) is 105 cm³/mol. The summed E-state index contributed by atoms with van der Waals surface area (Å²) >= 11 is 0. The van der Waals surface area contributed by atoms with Gasteiger partial charge >= 0.3 is 6.18 Å². The van der Waals surface area contributed by atoms with Gasteiger partial charge < -0.3 is 10.1 Å². The number of anilines is 1. The van der Waals surface area contributed by atoms with Gasteiger partial charge in [0.2, 0.25) is 0 Å². The molecule has 0 aliphatic carbocycles. The first-order valence-electron chi connectivity index (χ1n) is 8.85. The van der Waals surface area contributed by atoms with Gasteiger partial charge in [0.25, 0.3) is 5.91 Å². The van der Waals surface area contributed by atoms with E-state index in [4.69, 9.17) is 4.74 Å². The fraction of sp³-hybridized carbons (Fsp3) is 0.200. The van der Waals surface area contributed by atoms with Crippen molar-refractivity contribution in [3.63, 3.8) is 0 Å². The summed E-state index contributed by atoms with van der Waals surface area (Å²) in [4.78, 5) is 12.8. The van der Waals surface area contributed by atoms with Gasteiger partial charge in [-0.1, -0.05) is 12.1 Å². The van der Waals surface area contributed by atoms with Crippen LogP contribution in [0, 0.1) is 0 Å². The third kappa shape index (κ3) is 3.70. The average molecular weight is 435 g/mol. The Morgan fingerprint density at radius 1 is 1.13 bits per heavy atom. The second-order valence-corrected chi connectivity index (χ2v) is 8.07. The molecule has 0 radical (unpaired) electrons. The first kappa shape index (κ1) is 20.1. The quantitative estimate of drug-likeness (QED) is 0.674. The zero-order chi connectivity index (χ0) is 21.5. The van der Waals surface area contributed by atoms with E-state index in [2.05, 4.69) is 10.4 Å². The molecule has 0 spiro atoms. The number of ether oxygens (including phenoxy) is 1. The number of nitrogens with one attached hydrogen (secondary N) is 1. The molecule has 1 aliphatic rings. The van der Waals surface area contributed by atoms with Crippen molar-refractivity contribution in [1.82, 2.24) is 9.78 Å². The molecule has 0 saturated heterocycles. The van der Waals surface area contributed by atoms with E-state index in [9.17, 15) is 22.2 Å². The molecule has 0 fully saturated rings. The van der Waals surface area contributed by atoms with E-state index in [0.29, 0.717) is 22.7 Å². The molecule has 30 heavy (non-hydrogen) atoms. The lowest BCUT2D eigenvalue weighted by molar-refractivity contribution is -0.137. The summed E-state index contributed by atoms with van der Waals surface area (Å²) < 4.78 is 58.5. The number of hydrogen-bond donors (Lipinski definition) is 1. The molecule has 4 rings (SSSR count). The number of nitrogens with zero attached hydrogens (tertiary/aromatic N) is 2. The van der Waals surface area contributed by atoms with Crippen molar-refractivity contribution in [1.29, 1.82) is 0 Å². The second-order valence-electron chi connectivity index (χ2n) is 6.61. The molecule has 6 nitrogen and oxygen atoms in total. The Balaban J connectivity index is 1.76. The molecule has 2 heterocycles. The molecule has 1 aliphatic heterocycles. The number of fused-ring (bicyclic) bond motifs is 1. The summed E-state index contributed by atoms with van der Waals surface area (Å²) in [5.41, 5.74) is 0.152. The van der Waals surface area contributed by atoms with Crippen LogP contribution in [-0.2, 0) is 28.5 Å². The van der Waals surface area contributed by atoms with Crippen molar-refractivity contribution in [2.24, 2.45) is 0 Å². The number of methoxy groups -OCH3 is 1. The Bertz CT molecular complexity index is 1140. The van der Waals surface area contributed by atoms with Crippen LogP contribution in [0.1, 0.15) is 27.2 Å². The molecule has 0 unspecified atom stereocenters. The molecular weight excluding hydrogens is 419 g/mol. The van der Waals surface area contributed by atoms with Gasteiger partial charge in [-0.3, -0.25) is 9.00 Å². The third-order valence-corrected chi connectivity index (χ3v) is 5.90. The Morgan fingerprint density at radius 3 is 2.50 bits per heavy atom. The number of aromatic nitrogens is 2. The van der Waals surface area contributed by atoms with Gasteiger partial charge in [0.15, 0.2) is 0 Å². The molecule has 156 valence electrons. The number of carbonyl (C=O) groups is 1. The maximum atomic E-state index is 13.3. The number of alkyl halides is 3. The molecule has 0 saturated carbocycles. The number of carbonyl (C=O) groups excluding carboxylic acids is 1. The van der Waals surface area contributed by atoms with E-state index in [1.54, 1.807) is 24.3 Å². The lowest BCUT2D eigenvalue weighted by Crippen LogP contribution is -2.21. The normalized spacial score (nSPS) is 15.7.